The standard InChI is InChI=1S/C15H18ClFN2O/c1-4-12-14(16)13(19(3)18-12)9-15(2,20)10-6-5-7-11(17)8-10/h5-8,20H,4,9H2,1-3H3. The monoisotopic (exact) mass is 296 g/mol. The molecule has 20 heavy (non-hydrogen) atoms. The highest BCUT2D eigenvalue weighted by molar-refractivity contribution is 6.31. The first kappa shape index (κ1) is 15.0. The molecule has 2 rings (SSSR count). The van der Waals surface area contributed by atoms with Gasteiger partial charge in [0.05, 0.1) is 22.0 Å². The Morgan fingerprint density at radius 3 is 2.70 bits per heavy atom. The van der Waals surface area contributed by atoms with E-state index < -0.39 is 5.60 Å². The quantitative estimate of drug-likeness (QED) is 0.941. The van der Waals surface area contributed by atoms with Crippen LogP contribution in [0.5, 0.6) is 0 Å². The molecule has 1 atom stereocenters. The lowest BCUT2D eigenvalue weighted by Gasteiger charge is -2.24. The van der Waals surface area contributed by atoms with Crippen LogP contribution in [0.4, 0.5) is 4.39 Å². The third-order valence-electron chi connectivity index (χ3n) is 3.46. The zero-order chi connectivity index (χ0) is 14.9. The first-order valence-corrected chi connectivity index (χ1v) is 6.91. The number of benzene rings is 1. The van der Waals surface area contributed by atoms with Gasteiger partial charge in [-0.15, -0.1) is 0 Å². The number of rotatable bonds is 4. The van der Waals surface area contributed by atoms with Gasteiger partial charge in [-0.1, -0.05) is 30.7 Å². The fourth-order valence-corrected chi connectivity index (χ4v) is 2.62. The number of aryl methyl sites for hydroxylation is 2. The van der Waals surface area contributed by atoms with E-state index in [1.807, 2.05) is 6.92 Å². The maximum Gasteiger partial charge on any atom is 0.123 e. The van der Waals surface area contributed by atoms with E-state index in [9.17, 15) is 9.50 Å². The van der Waals surface area contributed by atoms with Gasteiger partial charge in [-0.3, -0.25) is 4.68 Å². The summed E-state index contributed by atoms with van der Waals surface area (Å²) in [6, 6.07) is 5.98. The summed E-state index contributed by atoms with van der Waals surface area (Å²) >= 11 is 6.29. The molecule has 0 fully saturated rings. The number of nitrogens with zero attached hydrogens (tertiary/aromatic N) is 2. The van der Waals surface area contributed by atoms with Crippen molar-refractivity contribution in [1.29, 1.82) is 0 Å². The van der Waals surface area contributed by atoms with Crippen molar-refractivity contribution < 1.29 is 9.50 Å². The lowest BCUT2D eigenvalue weighted by atomic mass is 9.91. The van der Waals surface area contributed by atoms with Gasteiger partial charge >= 0.3 is 0 Å². The molecule has 2 aromatic rings. The predicted molar refractivity (Wildman–Crippen MR) is 77.3 cm³/mol. The van der Waals surface area contributed by atoms with Crippen molar-refractivity contribution in [3.05, 3.63) is 52.1 Å². The van der Waals surface area contributed by atoms with Crippen molar-refractivity contribution in [2.45, 2.75) is 32.3 Å². The van der Waals surface area contributed by atoms with Crippen LogP contribution in [0.1, 0.15) is 30.8 Å². The highest BCUT2D eigenvalue weighted by atomic mass is 35.5. The summed E-state index contributed by atoms with van der Waals surface area (Å²) in [7, 11) is 1.79. The lowest BCUT2D eigenvalue weighted by molar-refractivity contribution is 0.0553. The van der Waals surface area contributed by atoms with E-state index in [1.165, 1.54) is 12.1 Å². The van der Waals surface area contributed by atoms with Gasteiger partial charge in [0.1, 0.15) is 5.82 Å². The molecule has 108 valence electrons. The van der Waals surface area contributed by atoms with Crippen LogP contribution in [0.2, 0.25) is 5.02 Å². The molecule has 0 bridgehead atoms. The van der Waals surface area contributed by atoms with Gasteiger partial charge in [0, 0.05) is 13.5 Å². The molecule has 0 saturated heterocycles. The minimum atomic E-state index is -1.20. The average Bonchev–Trinajstić information content (AvgIpc) is 2.66. The molecule has 0 aliphatic carbocycles. The number of halogens is 2. The Morgan fingerprint density at radius 2 is 2.15 bits per heavy atom. The SMILES string of the molecule is CCc1nn(C)c(CC(C)(O)c2cccc(F)c2)c1Cl. The topological polar surface area (TPSA) is 38.0 Å². The number of hydrogen-bond donors (Lipinski definition) is 1. The summed E-state index contributed by atoms with van der Waals surface area (Å²) in [5.41, 5.74) is 0.870. The molecule has 0 aliphatic heterocycles. The molecule has 0 aliphatic rings. The first-order valence-electron chi connectivity index (χ1n) is 6.54. The van der Waals surface area contributed by atoms with Crippen molar-refractivity contribution in [2.24, 2.45) is 7.05 Å². The van der Waals surface area contributed by atoms with E-state index in [2.05, 4.69) is 5.10 Å². The van der Waals surface area contributed by atoms with E-state index in [0.717, 1.165) is 17.8 Å². The molecular formula is C15H18ClFN2O. The molecule has 0 amide bonds. The van der Waals surface area contributed by atoms with E-state index in [0.29, 0.717) is 10.6 Å². The van der Waals surface area contributed by atoms with Crippen molar-refractivity contribution in [3.63, 3.8) is 0 Å². The first-order chi connectivity index (χ1) is 9.35. The Labute approximate surface area is 123 Å². The summed E-state index contributed by atoms with van der Waals surface area (Å²) in [5, 5.41) is 15.5. The van der Waals surface area contributed by atoms with Gasteiger partial charge < -0.3 is 5.11 Å². The fourth-order valence-electron chi connectivity index (χ4n) is 2.26. The van der Waals surface area contributed by atoms with E-state index in [4.69, 9.17) is 11.6 Å². The van der Waals surface area contributed by atoms with Gasteiger partial charge in [0.2, 0.25) is 0 Å². The second kappa shape index (κ2) is 5.54. The van der Waals surface area contributed by atoms with Crippen LogP contribution in [0, 0.1) is 5.82 Å². The Kier molecular flexibility index (Phi) is 4.16. The summed E-state index contributed by atoms with van der Waals surface area (Å²) < 4.78 is 15.0. The minimum absolute atomic E-state index is 0.277. The molecule has 1 unspecified atom stereocenters. The average molecular weight is 297 g/mol. The predicted octanol–water partition coefficient (Wildman–Crippen LogP) is 3.23. The third kappa shape index (κ3) is 2.86. The largest absolute Gasteiger partial charge is 0.385 e. The van der Waals surface area contributed by atoms with E-state index in [-0.39, 0.29) is 12.2 Å². The van der Waals surface area contributed by atoms with Crippen LogP contribution in [-0.2, 0) is 25.5 Å². The molecule has 0 radical (unpaired) electrons. The summed E-state index contributed by atoms with van der Waals surface area (Å²) in [4.78, 5) is 0. The highest BCUT2D eigenvalue weighted by Gasteiger charge is 2.28. The van der Waals surface area contributed by atoms with Crippen LogP contribution in [0.3, 0.4) is 0 Å². The molecule has 1 aromatic carbocycles. The number of aliphatic hydroxyl groups is 1. The van der Waals surface area contributed by atoms with Crippen molar-refractivity contribution >= 4 is 11.6 Å². The smallest absolute Gasteiger partial charge is 0.123 e. The summed E-state index contributed by atoms with van der Waals surface area (Å²) in [5.74, 6) is -0.367. The Balaban J connectivity index is 2.35. The molecule has 1 N–H and O–H groups in total. The van der Waals surface area contributed by atoms with Crippen molar-refractivity contribution in [1.82, 2.24) is 9.78 Å². The molecule has 0 spiro atoms. The molecule has 0 saturated carbocycles. The number of hydrogen-bond acceptors (Lipinski definition) is 2. The van der Waals surface area contributed by atoms with E-state index >= 15 is 0 Å². The van der Waals surface area contributed by atoms with Gasteiger partial charge in [-0.2, -0.15) is 5.10 Å². The van der Waals surface area contributed by atoms with Crippen molar-refractivity contribution in [2.75, 3.05) is 0 Å². The lowest BCUT2D eigenvalue weighted by Crippen LogP contribution is -2.25. The molecule has 1 heterocycles. The molecule has 5 heteroatoms. The van der Waals surface area contributed by atoms with Crippen LogP contribution in [-0.4, -0.2) is 14.9 Å². The van der Waals surface area contributed by atoms with Gasteiger partial charge in [-0.05, 0) is 31.0 Å². The maximum atomic E-state index is 13.3. The minimum Gasteiger partial charge on any atom is -0.385 e. The summed E-state index contributed by atoms with van der Waals surface area (Å²) in [6.45, 7) is 3.62. The van der Waals surface area contributed by atoms with Crippen molar-refractivity contribution in [3.8, 4) is 0 Å². The van der Waals surface area contributed by atoms with Crippen LogP contribution < -0.4 is 0 Å². The van der Waals surface area contributed by atoms with Crippen LogP contribution in [0.25, 0.3) is 0 Å². The van der Waals surface area contributed by atoms with Crippen LogP contribution in [0.15, 0.2) is 24.3 Å². The fraction of sp³-hybridized carbons (Fsp3) is 0.400. The second-order valence-corrected chi connectivity index (χ2v) is 5.52. The Hall–Kier alpha value is -1.39. The summed E-state index contributed by atoms with van der Waals surface area (Å²) in [6.07, 6.45) is 1.01. The zero-order valence-electron chi connectivity index (χ0n) is 11.8. The second-order valence-electron chi connectivity index (χ2n) is 5.15. The zero-order valence-corrected chi connectivity index (χ0v) is 12.6. The molecule has 1 aromatic heterocycles. The Bertz CT molecular complexity index is 622. The number of aromatic nitrogens is 2. The van der Waals surface area contributed by atoms with Gasteiger partial charge in [0.15, 0.2) is 0 Å². The third-order valence-corrected chi connectivity index (χ3v) is 3.90. The van der Waals surface area contributed by atoms with Gasteiger partial charge in [0.25, 0.3) is 0 Å². The normalized spacial score (nSPS) is 14.3. The van der Waals surface area contributed by atoms with Gasteiger partial charge in [-0.25, -0.2) is 4.39 Å². The molecular weight excluding hydrogens is 279 g/mol. The molecule has 3 nitrogen and oxygen atoms in total. The van der Waals surface area contributed by atoms with Crippen LogP contribution >= 0.6 is 11.6 Å². The maximum absolute atomic E-state index is 13.3. The Morgan fingerprint density at radius 1 is 1.45 bits per heavy atom. The van der Waals surface area contributed by atoms with E-state index in [1.54, 1.807) is 30.8 Å². The highest BCUT2D eigenvalue weighted by Crippen LogP contribution is 2.30.